The van der Waals surface area contributed by atoms with Crippen molar-refractivity contribution >= 4 is 15.9 Å². The standard InChI is InChI=1S/C16H14BrNO3/c1-19-13-8-14(20-2)10-15(9-13)21-16-4-3-12(17)7-11(16)5-6-18/h3-4,7-10H,5H2,1-2H3. The van der Waals surface area contributed by atoms with Crippen LogP contribution in [0.5, 0.6) is 23.0 Å². The SMILES string of the molecule is COc1cc(OC)cc(Oc2ccc(Br)cc2CC#N)c1. The summed E-state index contributed by atoms with van der Waals surface area (Å²) in [5.41, 5.74) is 0.814. The van der Waals surface area contributed by atoms with Gasteiger partial charge < -0.3 is 14.2 Å². The number of benzene rings is 2. The minimum atomic E-state index is 0.274. The smallest absolute Gasteiger partial charge is 0.134 e. The van der Waals surface area contributed by atoms with Gasteiger partial charge in [0.2, 0.25) is 0 Å². The quantitative estimate of drug-likeness (QED) is 0.807. The van der Waals surface area contributed by atoms with Crippen molar-refractivity contribution < 1.29 is 14.2 Å². The monoisotopic (exact) mass is 347 g/mol. The summed E-state index contributed by atoms with van der Waals surface area (Å²) in [6, 6.07) is 13.0. The Kier molecular flexibility index (Phi) is 5.07. The van der Waals surface area contributed by atoms with Crippen LogP contribution < -0.4 is 14.2 Å². The van der Waals surface area contributed by atoms with Gasteiger partial charge in [-0.3, -0.25) is 0 Å². The molecule has 5 heteroatoms. The summed E-state index contributed by atoms with van der Waals surface area (Å²) in [5.74, 6) is 2.51. The van der Waals surface area contributed by atoms with Crippen LogP contribution in [0.25, 0.3) is 0 Å². The first kappa shape index (κ1) is 15.2. The third kappa shape index (κ3) is 3.89. The van der Waals surface area contributed by atoms with Crippen LogP contribution in [0.1, 0.15) is 5.56 Å². The summed E-state index contributed by atoms with van der Waals surface area (Å²) in [6.07, 6.45) is 0.274. The maximum Gasteiger partial charge on any atom is 0.134 e. The van der Waals surface area contributed by atoms with Gasteiger partial charge >= 0.3 is 0 Å². The zero-order chi connectivity index (χ0) is 15.2. The molecule has 0 saturated heterocycles. The van der Waals surface area contributed by atoms with Gasteiger partial charge in [0.15, 0.2) is 0 Å². The summed E-state index contributed by atoms with van der Waals surface area (Å²) < 4.78 is 17.2. The van der Waals surface area contributed by atoms with Crippen molar-refractivity contribution in [2.45, 2.75) is 6.42 Å². The molecule has 0 aromatic heterocycles. The second kappa shape index (κ2) is 7.00. The molecule has 0 aliphatic heterocycles. The van der Waals surface area contributed by atoms with E-state index in [1.807, 2.05) is 18.2 Å². The molecular formula is C16H14BrNO3. The molecule has 0 spiro atoms. The highest BCUT2D eigenvalue weighted by Crippen LogP contribution is 2.33. The van der Waals surface area contributed by atoms with Crippen LogP contribution in [-0.4, -0.2) is 14.2 Å². The van der Waals surface area contributed by atoms with Crippen LogP contribution in [0.15, 0.2) is 40.9 Å². The van der Waals surface area contributed by atoms with Gasteiger partial charge in [-0.15, -0.1) is 0 Å². The Hall–Kier alpha value is -2.19. The molecule has 2 aromatic carbocycles. The highest BCUT2D eigenvalue weighted by Gasteiger charge is 2.08. The van der Waals surface area contributed by atoms with Crippen molar-refractivity contribution in [3.8, 4) is 29.1 Å². The second-order valence-corrected chi connectivity index (χ2v) is 5.15. The number of rotatable bonds is 5. The van der Waals surface area contributed by atoms with Crippen molar-refractivity contribution in [3.05, 3.63) is 46.4 Å². The van der Waals surface area contributed by atoms with E-state index in [0.717, 1.165) is 10.0 Å². The Labute approximate surface area is 132 Å². The molecular weight excluding hydrogens is 334 g/mol. The molecule has 0 N–H and O–H groups in total. The van der Waals surface area contributed by atoms with Gasteiger partial charge in [0.1, 0.15) is 23.0 Å². The molecule has 0 aliphatic rings. The molecule has 0 saturated carbocycles. The summed E-state index contributed by atoms with van der Waals surface area (Å²) in [4.78, 5) is 0. The van der Waals surface area contributed by atoms with Gasteiger partial charge in [-0.25, -0.2) is 0 Å². The van der Waals surface area contributed by atoms with Crippen LogP contribution in [0, 0.1) is 11.3 Å². The van der Waals surface area contributed by atoms with Crippen molar-refractivity contribution in [3.63, 3.8) is 0 Å². The van der Waals surface area contributed by atoms with Gasteiger partial charge in [-0.1, -0.05) is 15.9 Å². The average molecular weight is 348 g/mol. The first-order valence-electron chi connectivity index (χ1n) is 6.22. The Morgan fingerprint density at radius 1 is 1.00 bits per heavy atom. The fraction of sp³-hybridized carbons (Fsp3) is 0.188. The number of nitriles is 1. The fourth-order valence-corrected chi connectivity index (χ4v) is 2.25. The van der Waals surface area contributed by atoms with E-state index in [9.17, 15) is 0 Å². The minimum absolute atomic E-state index is 0.274. The number of hydrogen-bond donors (Lipinski definition) is 0. The van der Waals surface area contributed by atoms with E-state index in [2.05, 4.69) is 22.0 Å². The average Bonchev–Trinajstić information content (AvgIpc) is 2.50. The number of nitrogens with zero attached hydrogens (tertiary/aromatic N) is 1. The zero-order valence-electron chi connectivity index (χ0n) is 11.7. The molecule has 0 unspecified atom stereocenters. The van der Waals surface area contributed by atoms with Crippen LogP contribution in [0.4, 0.5) is 0 Å². The first-order chi connectivity index (χ1) is 10.2. The number of ether oxygens (including phenoxy) is 3. The highest BCUT2D eigenvalue weighted by atomic mass is 79.9. The molecule has 21 heavy (non-hydrogen) atoms. The maximum atomic E-state index is 8.90. The molecule has 0 heterocycles. The molecule has 0 fully saturated rings. The molecule has 0 radical (unpaired) electrons. The van der Waals surface area contributed by atoms with E-state index in [4.69, 9.17) is 19.5 Å². The van der Waals surface area contributed by atoms with E-state index in [0.29, 0.717) is 23.0 Å². The molecule has 0 aliphatic carbocycles. The van der Waals surface area contributed by atoms with Crippen LogP contribution >= 0.6 is 15.9 Å². The van der Waals surface area contributed by atoms with Crippen LogP contribution in [0.3, 0.4) is 0 Å². The van der Waals surface area contributed by atoms with Crippen LogP contribution in [-0.2, 0) is 6.42 Å². The Morgan fingerprint density at radius 2 is 1.62 bits per heavy atom. The number of halogens is 1. The molecule has 2 rings (SSSR count). The summed E-state index contributed by atoms with van der Waals surface area (Å²) >= 11 is 3.39. The highest BCUT2D eigenvalue weighted by molar-refractivity contribution is 9.10. The first-order valence-corrected chi connectivity index (χ1v) is 7.02. The molecule has 4 nitrogen and oxygen atoms in total. The third-order valence-corrected chi connectivity index (χ3v) is 3.34. The zero-order valence-corrected chi connectivity index (χ0v) is 13.3. The molecule has 108 valence electrons. The second-order valence-electron chi connectivity index (χ2n) is 4.24. The van der Waals surface area contributed by atoms with Gasteiger partial charge in [-0.05, 0) is 18.2 Å². The number of hydrogen-bond acceptors (Lipinski definition) is 4. The molecule has 0 bridgehead atoms. The lowest BCUT2D eigenvalue weighted by Gasteiger charge is -2.12. The van der Waals surface area contributed by atoms with E-state index in [-0.39, 0.29) is 6.42 Å². The Morgan fingerprint density at radius 3 is 2.19 bits per heavy atom. The van der Waals surface area contributed by atoms with E-state index in [1.54, 1.807) is 32.4 Å². The molecule has 0 atom stereocenters. The predicted molar refractivity (Wildman–Crippen MR) is 83.1 cm³/mol. The third-order valence-electron chi connectivity index (χ3n) is 2.84. The molecule has 0 amide bonds. The largest absolute Gasteiger partial charge is 0.496 e. The lowest BCUT2D eigenvalue weighted by atomic mass is 10.1. The predicted octanol–water partition coefficient (Wildman–Crippen LogP) is 4.32. The lowest BCUT2D eigenvalue weighted by Crippen LogP contribution is -1.93. The van der Waals surface area contributed by atoms with Crippen molar-refractivity contribution in [1.82, 2.24) is 0 Å². The van der Waals surface area contributed by atoms with Gasteiger partial charge in [0, 0.05) is 28.2 Å². The van der Waals surface area contributed by atoms with Crippen LogP contribution in [0.2, 0.25) is 0 Å². The summed E-state index contributed by atoms with van der Waals surface area (Å²) in [6.45, 7) is 0. The van der Waals surface area contributed by atoms with Gasteiger partial charge in [0.05, 0.1) is 26.7 Å². The summed E-state index contributed by atoms with van der Waals surface area (Å²) in [5, 5.41) is 8.90. The normalized spacial score (nSPS) is 9.81. The lowest BCUT2D eigenvalue weighted by molar-refractivity contribution is 0.386. The Balaban J connectivity index is 2.35. The van der Waals surface area contributed by atoms with E-state index in [1.165, 1.54) is 0 Å². The van der Waals surface area contributed by atoms with Crippen molar-refractivity contribution in [2.24, 2.45) is 0 Å². The minimum Gasteiger partial charge on any atom is -0.496 e. The molecule has 2 aromatic rings. The Bertz CT molecular complexity index is 657. The topological polar surface area (TPSA) is 51.5 Å². The van der Waals surface area contributed by atoms with Crippen molar-refractivity contribution in [1.29, 1.82) is 5.26 Å². The van der Waals surface area contributed by atoms with E-state index < -0.39 is 0 Å². The van der Waals surface area contributed by atoms with Crippen molar-refractivity contribution in [2.75, 3.05) is 14.2 Å². The number of methoxy groups -OCH3 is 2. The maximum absolute atomic E-state index is 8.90. The van der Waals surface area contributed by atoms with Gasteiger partial charge in [-0.2, -0.15) is 5.26 Å². The van der Waals surface area contributed by atoms with Gasteiger partial charge in [0.25, 0.3) is 0 Å². The fourth-order valence-electron chi connectivity index (χ4n) is 1.84. The van der Waals surface area contributed by atoms with E-state index >= 15 is 0 Å². The summed E-state index contributed by atoms with van der Waals surface area (Å²) in [7, 11) is 3.17.